The standard InChI is InChI=1S/C22H26N2O3/c1-3-16-8-4-6-10-19(16)23-22(26)18-14-21(25)24(15-18)13-12-17-9-5-7-11-20(17)27-2/h4-11,18H,3,12-15H2,1-2H3,(H,23,26). The first-order valence-electron chi connectivity index (χ1n) is 9.40. The van der Waals surface area contributed by atoms with Crippen molar-refractivity contribution >= 4 is 17.5 Å². The maximum absolute atomic E-state index is 12.6. The van der Waals surface area contributed by atoms with Gasteiger partial charge in [0.05, 0.1) is 13.0 Å². The monoisotopic (exact) mass is 366 g/mol. The van der Waals surface area contributed by atoms with Crippen molar-refractivity contribution in [3.8, 4) is 5.75 Å². The summed E-state index contributed by atoms with van der Waals surface area (Å²) in [5.74, 6) is 0.479. The van der Waals surface area contributed by atoms with Gasteiger partial charge in [-0.1, -0.05) is 43.3 Å². The highest BCUT2D eigenvalue weighted by Gasteiger charge is 2.34. The van der Waals surface area contributed by atoms with E-state index in [1.807, 2.05) is 48.5 Å². The van der Waals surface area contributed by atoms with Gasteiger partial charge in [0.25, 0.3) is 0 Å². The van der Waals surface area contributed by atoms with Crippen molar-refractivity contribution in [2.24, 2.45) is 5.92 Å². The minimum Gasteiger partial charge on any atom is -0.496 e. The Morgan fingerprint density at radius 3 is 2.59 bits per heavy atom. The van der Waals surface area contributed by atoms with Gasteiger partial charge in [-0.15, -0.1) is 0 Å². The van der Waals surface area contributed by atoms with Gasteiger partial charge >= 0.3 is 0 Å². The normalized spacial score (nSPS) is 16.4. The molecule has 1 N–H and O–H groups in total. The van der Waals surface area contributed by atoms with Gasteiger partial charge in [0.1, 0.15) is 5.75 Å². The molecular weight excluding hydrogens is 340 g/mol. The van der Waals surface area contributed by atoms with E-state index in [0.29, 0.717) is 19.5 Å². The molecule has 0 spiro atoms. The van der Waals surface area contributed by atoms with Gasteiger partial charge in [0.15, 0.2) is 0 Å². The Bertz CT molecular complexity index is 819. The maximum Gasteiger partial charge on any atom is 0.229 e. The van der Waals surface area contributed by atoms with Crippen molar-refractivity contribution in [2.45, 2.75) is 26.2 Å². The maximum atomic E-state index is 12.6. The Morgan fingerprint density at radius 1 is 1.15 bits per heavy atom. The second-order valence-corrected chi connectivity index (χ2v) is 6.80. The molecule has 0 aromatic heterocycles. The molecule has 27 heavy (non-hydrogen) atoms. The molecule has 0 aliphatic carbocycles. The van der Waals surface area contributed by atoms with Crippen molar-refractivity contribution in [3.05, 3.63) is 59.7 Å². The molecule has 5 heteroatoms. The summed E-state index contributed by atoms with van der Waals surface area (Å²) in [5.41, 5.74) is 3.01. The number of para-hydroxylation sites is 2. The Morgan fingerprint density at radius 2 is 1.85 bits per heavy atom. The summed E-state index contributed by atoms with van der Waals surface area (Å²) >= 11 is 0. The number of aryl methyl sites for hydroxylation is 1. The molecule has 1 saturated heterocycles. The van der Waals surface area contributed by atoms with Crippen LogP contribution in [0.25, 0.3) is 0 Å². The first-order chi connectivity index (χ1) is 13.1. The fraction of sp³-hybridized carbons (Fsp3) is 0.364. The first-order valence-corrected chi connectivity index (χ1v) is 9.40. The van der Waals surface area contributed by atoms with E-state index in [1.165, 1.54) is 0 Å². The number of benzene rings is 2. The lowest BCUT2D eigenvalue weighted by molar-refractivity contribution is -0.128. The van der Waals surface area contributed by atoms with Crippen LogP contribution in [-0.2, 0) is 22.4 Å². The second kappa shape index (κ2) is 8.71. The van der Waals surface area contributed by atoms with Crippen LogP contribution in [0.3, 0.4) is 0 Å². The zero-order valence-corrected chi connectivity index (χ0v) is 15.9. The number of amides is 2. The summed E-state index contributed by atoms with van der Waals surface area (Å²) in [6.07, 6.45) is 1.83. The Balaban J connectivity index is 1.59. The largest absolute Gasteiger partial charge is 0.496 e. The Kier molecular flexibility index (Phi) is 6.12. The van der Waals surface area contributed by atoms with E-state index in [-0.39, 0.29) is 24.2 Å². The first kappa shape index (κ1) is 19.0. The Hall–Kier alpha value is -2.82. The number of carbonyl (C=O) groups is 2. The summed E-state index contributed by atoms with van der Waals surface area (Å²) in [7, 11) is 1.65. The smallest absolute Gasteiger partial charge is 0.229 e. The molecule has 1 heterocycles. The number of anilines is 1. The number of carbonyl (C=O) groups excluding carboxylic acids is 2. The van der Waals surface area contributed by atoms with Crippen LogP contribution in [-0.4, -0.2) is 36.9 Å². The predicted octanol–water partition coefficient (Wildman–Crippen LogP) is 3.29. The highest BCUT2D eigenvalue weighted by molar-refractivity contribution is 5.97. The van der Waals surface area contributed by atoms with E-state index < -0.39 is 0 Å². The number of ether oxygens (including phenoxy) is 1. The van der Waals surface area contributed by atoms with Gasteiger partial charge in [0, 0.05) is 25.2 Å². The van der Waals surface area contributed by atoms with Gasteiger partial charge in [-0.2, -0.15) is 0 Å². The van der Waals surface area contributed by atoms with Crippen LogP contribution in [0.2, 0.25) is 0 Å². The molecule has 2 amide bonds. The molecule has 1 fully saturated rings. The van der Waals surface area contributed by atoms with Crippen LogP contribution in [0.4, 0.5) is 5.69 Å². The van der Waals surface area contributed by atoms with E-state index in [2.05, 4.69) is 12.2 Å². The molecule has 2 aromatic carbocycles. The molecule has 1 unspecified atom stereocenters. The molecular formula is C22H26N2O3. The topological polar surface area (TPSA) is 58.6 Å². The minimum atomic E-state index is -0.305. The summed E-state index contributed by atoms with van der Waals surface area (Å²) < 4.78 is 5.37. The number of rotatable bonds is 7. The van der Waals surface area contributed by atoms with Gasteiger partial charge in [-0.3, -0.25) is 9.59 Å². The molecule has 142 valence electrons. The van der Waals surface area contributed by atoms with E-state index in [0.717, 1.165) is 29.0 Å². The summed E-state index contributed by atoms with van der Waals surface area (Å²) in [5, 5.41) is 3.00. The molecule has 1 atom stereocenters. The van der Waals surface area contributed by atoms with Crippen LogP contribution in [0.15, 0.2) is 48.5 Å². The highest BCUT2D eigenvalue weighted by atomic mass is 16.5. The molecule has 0 saturated carbocycles. The number of likely N-dealkylation sites (tertiary alicyclic amines) is 1. The quantitative estimate of drug-likeness (QED) is 0.818. The summed E-state index contributed by atoms with van der Waals surface area (Å²) in [6.45, 7) is 3.12. The zero-order valence-electron chi connectivity index (χ0n) is 15.9. The number of hydrogen-bond donors (Lipinski definition) is 1. The van der Waals surface area contributed by atoms with E-state index in [1.54, 1.807) is 12.0 Å². The fourth-order valence-corrected chi connectivity index (χ4v) is 3.51. The average molecular weight is 366 g/mol. The molecule has 0 radical (unpaired) electrons. The van der Waals surface area contributed by atoms with E-state index >= 15 is 0 Å². The third-order valence-electron chi connectivity index (χ3n) is 5.09. The molecule has 2 aromatic rings. The average Bonchev–Trinajstić information content (AvgIpc) is 3.07. The van der Waals surface area contributed by atoms with Gasteiger partial charge in [0.2, 0.25) is 11.8 Å². The van der Waals surface area contributed by atoms with Crippen molar-refractivity contribution in [2.75, 3.05) is 25.5 Å². The SMILES string of the molecule is CCc1ccccc1NC(=O)C1CC(=O)N(CCc2ccccc2OC)C1. The van der Waals surface area contributed by atoms with Gasteiger partial charge < -0.3 is 15.0 Å². The lowest BCUT2D eigenvalue weighted by atomic mass is 10.1. The number of nitrogens with one attached hydrogen (secondary N) is 1. The third kappa shape index (κ3) is 4.48. The molecule has 0 bridgehead atoms. The van der Waals surface area contributed by atoms with E-state index in [4.69, 9.17) is 4.74 Å². The number of methoxy groups -OCH3 is 1. The number of nitrogens with zero attached hydrogens (tertiary/aromatic N) is 1. The lowest BCUT2D eigenvalue weighted by Crippen LogP contribution is -2.30. The van der Waals surface area contributed by atoms with Gasteiger partial charge in [-0.05, 0) is 36.1 Å². The highest BCUT2D eigenvalue weighted by Crippen LogP contribution is 2.24. The van der Waals surface area contributed by atoms with Crippen LogP contribution in [0.1, 0.15) is 24.5 Å². The van der Waals surface area contributed by atoms with Crippen molar-refractivity contribution in [3.63, 3.8) is 0 Å². The molecule has 5 nitrogen and oxygen atoms in total. The molecule has 3 rings (SSSR count). The van der Waals surface area contributed by atoms with Crippen LogP contribution >= 0.6 is 0 Å². The van der Waals surface area contributed by atoms with Crippen molar-refractivity contribution < 1.29 is 14.3 Å². The third-order valence-corrected chi connectivity index (χ3v) is 5.09. The second-order valence-electron chi connectivity index (χ2n) is 6.80. The van der Waals surface area contributed by atoms with Crippen LogP contribution in [0, 0.1) is 5.92 Å². The van der Waals surface area contributed by atoms with Crippen molar-refractivity contribution in [1.82, 2.24) is 4.90 Å². The van der Waals surface area contributed by atoms with Crippen LogP contribution < -0.4 is 10.1 Å². The zero-order chi connectivity index (χ0) is 19.2. The van der Waals surface area contributed by atoms with E-state index in [9.17, 15) is 9.59 Å². The molecule has 1 aliphatic heterocycles. The molecule has 1 aliphatic rings. The summed E-state index contributed by atoms with van der Waals surface area (Å²) in [4.78, 5) is 26.8. The van der Waals surface area contributed by atoms with Gasteiger partial charge in [-0.25, -0.2) is 0 Å². The Labute approximate surface area is 160 Å². The minimum absolute atomic E-state index is 0.0359. The lowest BCUT2D eigenvalue weighted by Gasteiger charge is -2.18. The van der Waals surface area contributed by atoms with Crippen LogP contribution in [0.5, 0.6) is 5.75 Å². The predicted molar refractivity (Wildman–Crippen MR) is 106 cm³/mol. The van der Waals surface area contributed by atoms with Crippen molar-refractivity contribution in [1.29, 1.82) is 0 Å². The summed E-state index contributed by atoms with van der Waals surface area (Å²) in [6, 6.07) is 15.6. The number of hydrogen-bond acceptors (Lipinski definition) is 3. The fourth-order valence-electron chi connectivity index (χ4n) is 3.51.